The van der Waals surface area contributed by atoms with Crippen molar-refractivity contribution in [3.8, 4) is 6.07 Å². The first-order valence-electron chi connectivity index (χ1n) is 10.4. The van der Waals surface area contributed by atoms with Gasteiger partial charge in [-0.1, -0.05) is 39.8 Å². The van der Waals surface area contributed by atoms with Gasteiger partial charge >= 0.3 is 0 Å². The van der Waals surface area contributed by atoms with Gasteiger partial charge in [0.15, 0.2) is 11.4 Å². The fraction of sp³-hybridized carbons (Fsp3) is 0.292. The molecule has 0 saturated carbocycles. The predicted molar refractivity (Wildman–Crippen MR) is 124 cm³/mol. The molecule has 3 aromatic rings. The third-order valence-electron chi connectivity index (χ3n) is 4.70. The number of aromatic amines is 1. The van der Waals surface area contributed by atoms with Crippen LogP contribution in [0.25, 0.3) is 17.2 Å². The molecule has 1 aromatic carbocycles. The summed E-state index contributed by atoms with van der Waals surface area (Å²) in [6, 6.07) is 9.16. The Morgan fingerprint density at radius 2 is 1.94 bits per heavy atom. The summed E-state index contributed by atoms with van der Waals surface area (Å²) in [4.78, 5) is 36.6. The van der Waals surface area contributed by atoms with Crippen LogP contribution in [0, 0.1) is 16.7 Å². The van der Waals surface area contributed by atoms with Crippen molar-refractivity contribution in [3.05, 3.63) is 53.4 Å². The average molecular weight is 431 g/mol. The number of fused-ring (bicyclic) bond motifs is 1. The summed E-state index contributed by atoms with van der Waals surface area (Å²) in [6.45, 7) is 8.07. The molecular formula is C24H26N6O2. The number of aromatic nitrogens is 3. The van der Waals surface area contributed by atoms with E-state index in [1.165, 1.54) is 0 Å². The summed E-state index contributed by atoms with van der Waals surface area (Å²) in [6.07, 6.45) is 5.58. The van der Waals surface area contributed by atoms with Gasteiger partial charge in [-0.2, -0.15) is 5.26 Å². The maximum atomic E-state index is 12.7. The van der Waals surface area contributed by atoms with Crippen LogP contribution in [0.2, 0.25) is 0 Å². The molecule has 0 saturated heterocycles. The quantitative estimate of drug-likeness (QED) is 0.291. The number of nitrogens with one attached hydrogen (secondary N) is 3. The van der Waals surface area contributed by atoms with Crippen LogP contribution in [-0.2, 0) is 4.79 Å². The molecule has 0 aliphatic heterocycles. The molecule has 2 heterocycles. The van der Waals surface area contributed by atoms with Crippen molar-refractivity contribution in [2.75, 3.05) is 11.9 Å². The van der Waals surface area contributed by atoms with E-state index in [-0.39, 0.29) is 17.3 Å². The number of hydrogen-bond donors (Lipinski definition) is 3. The van der Waals surface area contributed by atoms with Crippen LogP contribution in [0.4, 0.5) is 11.5 Å². The molecule has 0 radical (unpaired) electrons. The molecule has 32 heavy (non-hydrogen) atoms. The first-order valence-corrected chi connectivity index (χ1v) is 10.4. The van der Waals surface area contributed by atoms with E-state index in [0.717, 1.165) is 17.7 Å². The van der Waals surface area contributed by atoms with Gasteiger partial charge in [-0.15, -0.1) is 0 Å². The number of H-pyrrole nitrogens is 1. The average Bonchev–Trinajstić information content (AvgIpc) is 3.18. The van der Waals surface area contributed by atoms with Crippen molar-refractivity contribution in [1.82, 2.24) is 20.3 Å². The first-order chi connectivity index (χ1) is 15.2. The Bertz CT molecular complexity index is 1210. The van der Waals surface area contributed by atoms with Gasteiger partial charge in [0.1, 0.15) is 23.0 Å². The van der Waals surface area contributed by atoms with Gasteiger partial charge < -0.3 is 15.6 Å². The minimum atomic E-state index is -0.528. The zero-order valence-electron chi connectivity index (χ0n) is 18.6. The van der Waals surface area contributed by atoms with Crippen LogP contribution in [0.1, 0.15) is 50.0 Å². The zero-order valence-corrected chi connectivity index (χ0v) is 18.6. The number of hydrogen-bond acceptors (Lipinski definition) is 6. The van der Waals surface area contributed by atoms with Crippen LogP contribution < -0.4 is 10.6 Å². The van der Waals surface area contributed by atoms with Crippen molar-refractivity contribution in [1.29, 1.82) is 5.26 Å². The molecule has 2 aromatic heterocycles. The molecule has 0 aliphatic carbocycles. The maximum Gasteiger partial charge on any atom is 0.261 e. The van der Waals surface area contributed by atoms with Gasteiger partial charge in [0.05, 0.1) is 11.8 Å². The normalized spacial score (nSPS) is 11.8. The van der Waals surface area contributed by atoms with E-state index in [4.69, 9.17) is 0 Å². The summed E-state index contributed by atoms with van der Waals surface area (Å²) in [5.41, 5.74) is 2.58. The second-order valence-electron chi connectivity index (χ2n) is 8.41. The molecule has 3 rings (SSSR count). The van der Waals surface area contributed by atoms with Crippen molar-refractivity contribution < 1.29 is 9.59 Å². The van der Waals surface area contributed by atoms with Crippen LogP contribution in [-0.4, -0.2) is 33.2 Å². The summed E-state index contributed by atoms with van der Waals surface area (Å²) in [7, 11) is 0. The molecule has 164 valence electrons. The Balaban J connectivity index is 1.79. The zero-order chi connectivity index (χ0) is 23.3. The molecule has 0 bridgehead atoms. The first kappa shape index (κ1) is 22.7. The molecule has 0 fully saturated rings. The molecule has 3 N–H and O–H groups in total. The minimum Gasteiger partial charge on any atom is -0.351 e. The Morgan fingerprint density at radius 1 is 1.22 bits per heavy atom. The summed E-state index contributed by atoms with van der Waals surface area (Å²) < 4.78 is 0. The van der Waals surface area contributed by atoms with E-state index in [9.17, 15) is 14.9 Å². The molecule has 1 amide bonds. The summed E-state index contributed by atoms with van der Waals surface area (Å²) >= 11 is 0. The lowest BCUT2D eigenvalue weighted by Gasteiger charge is -2.15. The second-order valence-corrected chi connectivity index (χ2v) is 8.41. The largest absolute Gasteiger partial charge is 0.351 e. The van der Waals surface area contributed by atoms with Crippen LogP contribution in [0.5, 0.6) is 0 Å². The smallest absolute Gasteiger partial charge is 0.261 e. The number of Topliss-reactive ketones (excluding diaryl/α,β-unsaturated/α-hetero) is 1. The number of benzene rings is 1. The van der Waals surface area contributed by atoms with Gasteiger partial charge in [-0.05, 0) is 30.2 Å². The van der Waals surface area contributed by atoms with Gasteiger partial charge in [0, 0.05) is 23.8 Å². The Morgan fingerprint density at radius 3 is 2.56 bits per heavy atom. The number of anilines is 2. The van der Waals surface area contributed by atoms with Gasteiger partial charge in [-0.3, -0.25) is 9.59 Å². The number of ketones is 1. The van der Waals surface area contributed by atoms with E-state index in [0.29, 0.717) is 29.1 Å². The minimum absolute atomic E-state index is 0.0115. The summed E-state index contributed by atoms with van der Waals surface area (Å²) in [5, 5.41) is 15.1. The number of nitrogens with zero attached hydrogens (tertiary/aromatic N) is 3. The summed E-state index contributed by atoms with van der Waals surface area (Å²) in [5.74, 6) is 0.106. The fourth-order valence-electron chi connectivity index (χ4n) is 2.99. The lowest BCUT2D eigenvalue weighted by Crippen LogP contribution is -2.25. The van der Waals surface area contributed by atoms with E-state index in [2.05, 4.69) is 25.6 Å². The lowest BCUT2D eigenvalue weighted by atomic mass is 9.87. The molecule has 0 spiro atoms. The molecule has 0 aliphatic rings. The van der Waals surface area contributed by atoms with E-state index in [1.54, 1.807) is 30.6 Å². The molecule has 8 nitrogen and oxygen atoms in total. The number of carbonyl (C=O) groups excluding carboxylic acids is 2. The topological polar surface area (TPSA) is 124 Å². The van der Waals surface area contributed by atoms with Crippen LogP contribution >= 0.6 is 0 Å². The van der Waals surface area contributed by atoms with Crippen LogP contribution in [0.3, 0.4) is 0 Å². The molecule has 8 heteroatoms. The number of amides is 1. The number of carbonyl (C=O) groups is 2. The SMILES string of the molecule is CCCNC(=O)/C(C#N)=C/c1ccc(Nc2cnc3[nH]cc(C(=O)C(C)(C)C)c3n2)cc1. The highest BCUT2D eigenvalue weighted by molar-refractivity contribution is 6.08. The number of nitriles is 1. The molecular weight excluding hydrogens is 404 g/mol. The van der Waals surface area contributed by atoms with Gasteiger partial charge in [0.25, 0.3) is 5.91 Å². The van der Waals surface area contributed by atoms with Crippen molar-refractivity contribution in [2.45, 2.75) is 34.1 Å². The van der Waals surface area contributed by atoms with Gasteiger partial charge in [0.2, 0.25) is 0 Å². The standard InChI is InChI=1S/C24H26N6O2/c1-5-10-26-23(32)16(12-25)11-15-6-8-17(9-7-15)29-19-14-28-22-20(30-19)18(13-27-22)21(31)24(2,3)4/h6-9,11,13-14H,5,10H2,1-4H3,(H,26,32)(H,27,28)(H,29,30)/b16-11+. The lowest BCUT2D eigenvalue weighted by molar-refractivity contribution is -0.117. The van der Waals surface area contributed by atoms with E-state index < -0.39 is 5.41 Å². The third-order valence-corrected chi connectivity index (χ3v) is 4.70. The van der Waals surface area contributed by atoms with Crippen molar-refractivity contribution in [2.24, 2.45) is 5.41 Å². The fourth-order valence-corrected chi connectivity index (χ4v) is 2.99. The highest BCUT2D eigenvalue weighted by Gasteiger charge is 2.26. The van der Waals surface area contributed by atoms with E-state index in [1.807, 2.05) is 45.9 Å². The predicted octanol–water partition coefficient (Wildman–Crippen LogP) is 4.36. The van der Waals surface area contributed by atoms with E-state index >= 15 is 0 Å². The highest BCUT2D eigenvalue weighted by Crippen LogP contribution is 2.26. The highest BCUT2D eigenvalue weighted by atomic mass is 16.1. The third kappa shape index (κ3) is 5.19. The molecule has 0 unspecified atom stereocenters. The Kier molecular flexibility index (Phi) is 6.69. The Hall–Kier alpha value is -3.99. The van der Waals surface area contributed by atoms with Crippen LogP contribution in [0.15, 0.2) is 42.2 Å². The van der Waals surface area contributed by atoms with Crippen molar-refractivity contribution in [3.63, 3.8) is 0 Å². The monoisotopic (exact) mass is 430 g/mol. The van der Waals surface area contributed by atoms with Gasteiger partial charge in [-0.25, -0.2) is 9.97 Å². The maximum absolute atomic E-state index is 12.7. The Labute approximate surface area is 186 Å². The second kappa shape index (κ2) is 9.43. The molecule has 0 atom stereocenters. The van der Waals surface area contributed by atoms with Crippen molar-refractivity contribution >= 4 is 40.4 Å². The number of rotatable bonds is 7.